The number of halogens is 1. The maximum Gasteiger partial charge on any atom is 0.184 e. The first kappa shape index (κ1) is 11.0. The second-order valence-electron chi connectivity index (χ2n) is 2.60. The van der Waals surface area contributed by atoms with Gasteiger partial charge in [0.15, 0.2) is 10.7 Å². The molecule has 1 aromatic heterocycles. The number of hydrogen-bond acceptors (Lipinski definition) is 4. The summed E-state index contributed by atoms with van der Waals surface area (Å²) in [4.78, 5) is 10.5. The van der Waals surface area contributed by atoms with Crippen LogP contribution in [0.1, 0.15) is 11.8 Å². The smallest absolute Gasteiger partial charge is 0.184 e. The van der Waals surface area contributed by atoms with Crippen molar-refractivity contribution in [2.75, 3.05) is 7.05 Å². The molecule has 0 unspecified atom stereocenters. The van der Waals surface area contributed by atoms with Crippen LogP contribution < -0.4 is 0 Å². The minimum Gasteiger partial charge on any atom is -0.270 e. The Balaban J connectivity index is 2.60. The Hall–Kier alpha value is -1.12. The molecule has 0 spiro atoms. The van der Waals surface area contributed by atoms with E-state index < -0.39 is 0 Å². The summed E-state index contributed by atoms with van der Waals surface area (Å²) < 4.78 is 0.515. The minimum absolute atomic E-state index is 0.515. The Morgan fingerprint density at radius 3 is 3.07 bits per heavy atom. The summed E-state index contributed by atoms with van der Waals surface area (Å²) in [5.74, 6) is 0.678. The molecule has 0 saturated heterocycles. The van der Waals surface area contributed by atoms with Gasteiger partial charge >= 0.3 is 0 Å². The third-order valence-electron chi connectivity index (χ3n) is 1.62. The van der Waals surface area contributed by atoms with Gasteiger partial charge in [0, 0.05) is 18.1 Å². The molecule has 1 rings (SSSR count). The van der Waals surface area contributed by atoms with E-state index in [1.54, 1.807) is 20.2 Å². The molecule has 4 nitrogen and oxygen atoms in total. The molecule has 0 N–H and O–H groups in total. The van der Waals surface area contributed by atoms with Crippen LogP contribution in [0.3, 0.4) is 0 Å². The molecule has 0 radical (unpaired) electrons. The SMILES string of the molecule is C/C(=N\Cc1cnc(Cl)s1)N(C)C#N. The molecule has 0 saturated carbocycles. The Morgan fingerprint density at radius 1 is 1.86 bits per heavy atom. The van der Waals surface area contributed by atoms with Crippen LogP contribution in [0.4, 0.5) is 0 Å². The van der Waals surface area contributed by atoms with Crippen molar-refractivity contribution in [1.29, 1.82) is 5.26 Å². The number of hydrogen-bond donors (Lipinski definition) is 0. The van der Waals surface area contributed by atoms with Gasteiger partial charge in [0.05, 0.1) is 6.54 Å². The lowest BCUT2D eigenvalue weighted by molar-refractivity contribution is 0.698. The summed E-state index contributed by atoms with van der Waals surface area (Å²) in [6, 6.07) is 0. The van der Waals surface area contributed by atoms with E-state index in [0.717, 1.165) is 4.88 Å². The summed E-state index contributed by atoms with van der Waals surface area (Å²) in [7, 11) is 1.67. The number of aliphatic imine (C=N–C) groups is 1. The fraction of sp³-hybridized carbons (Fsp3) is 0.375. The normalized spacial score (nSPS) is 11.1. The molecular weight excluding hydrogens is 220 g/mol. The molecule has 0 aliphatic carbocycles. The van der Waals surface area contributed by atoms with Crippen molar-refractivity contribution in [3.8, 4) is 6.19 Å². The minimum atomic E-state index is 0.515. The van der Waals surface area contributed by atoms with E-state index in [0.29, 0.717) is 16.8 Å². The molecular formula is C8H9ClN4S. The van der Waals surface area contributed by atoms with Crippen molar-refractivity contribution in [1.82, 2.24) is 9.88 Å². The summed E-state index contributed by atoms with van der Waals surface area (Å²) in [6.45, 7) is 2.30. The van der Waals surface area contributed by atoms with E-state index in [1.165, 1.54) is 16.2 Å². The van der Waals surface area contributed by atoms with Gasteiger partial charge < -0.3 is 0 Å². The van der Waals surface area contributed by atoms with Gasteiger partial charge in [0.1, 0.15) is 5.84 Å². The average molecular weight is 229 g/mol. The molecule has 1 aromatic rings. The predicted molar refractivity (Wildman–Crippen MR) is 57.3 cm³/mol. The monoisotopic (exact) mass is 228 g/mol. The highest BCUT2D eigenvalue weighted by atomic mass is 35.5. The van der Waals surface area contributed by atoms with E-state index >= 15 is 0 Å². The Morgan fingerprint density at radius 2 is 2.57 bits per heavy atom. The number of aromatic nitrogens is 1. The number of thiazole rings is 1. The summed E-state index contributed by atoms with van der Waals surface area (Å²) in [5, 5.41) is 8.57. The summed E-state index contributed by atoms with van der Waals surface area (Å²) in [5.41, 5.74) is 0. The first-order chi connectivity index (χ1) is 6.63. The zero-order valence-electron chi connectivity index (χ0n) is 7.86. The van der Waals surface area contributed by atoms with E-state index in [-0.39, 0.29) is 0 Å². The second-order valence-corrected chi connectivity index (χ2v) is 4.30. The largest absolute Gasteiger partial charge is 0.270 e. The van der Waals surface area contributed by atoms with Gasteiger partial charge in [-0.25, -0.2) is 4.98 Å². The van der Waals surface area contributed by atoms with Crippen LogP contribution in [0.25, 0.3) is 0 Å². The van der Waals surface area contributed by atoms with Gasteiger partial charge in [0.25, 0.3) is 0 Å². The highest BCUT2D eigenvalue weighted by Crippen LogP contribution is 2.18. The number of amidine groups is 1. The maximum absolute atomic E-state index is 8.57. The van der Waals surface area contributed by atoms with E-state index in [9.17, 15) is 0 Å². The average Bonchev–Trinajstić information content (AvgIpc) is 2.59. The van der Waals surface area contributed by atoms with Gasteiger partial charge in [-0.3, -0.25) is 9.89 Å². The quantitative estimate of drug-likeness (QED) is 0.337. The first-order valence-electron chi connectivity index (χ1n) is 3.88. The fourth-order valence-electron chi connectivity index (χ4n) is 0.727. The highest BCUT2D eigenvalue weighted by Gasteiger charge is 2.00. The van der Waals surface area contributed by atoms with Crippen molar-refractivity contribution < 1.29 is 0 Å². The molecule has 1 heterocycles. The van der Waals surface area contributed by atoms with Crippen LogP contribution in [0, 0.1) is 11.5 Å². The van der Waals surface area contributed by atoms with Crippen molar-refractivity contribution in [2.45, 2.75) is 13.5 Å². The van der Waals surface area contributed by atoms with E-state index in [1.807, 2.05) is 6.19 Å². The highest BCUT2D eigenvalue weighted by molar-refractivity contribution is 7.15. The summed E-state index contributed by atoms with van der Waals surface area (Å²) >= 11 is 7.06. The van der Waals surface area contributed by atoms with Crippen molar-refractivity contribution in [3.05, 3.63) is 15.5 Å². The van der Waals surface area contributed by atoms with Crippen LogP contribution >= 0.6 is 22.9 Å². The number of nitriles is 1. The maximum atomic E-state index is 8.57. The van der Waals surface area contributed by atoms with Crippen LogP contribution in [-0.2, 0) is 6.54 Å². The zero-order valence-corrected chi connectivity index (χ0v) is 9.43. The van der Waals surface area contributed by atoms with Gasteiger partial charge in [-0.1, -0.05) is 11.6 Å². The lowest BCUT2D eigenvalue weighted by atomic mass is 10.5. The zero-order chi connectivity index (χ0) is 10.6. The fourth-order valence-corrected chi connectivity index (χ4v) is 1.63. The summed E-state index contributed by atoms with van der Waals surface area (Å²) in [6.07, 6.45) is 3.66. The first-order valence-corrected chi connectivity index (χ1v) is 5.07. The molecule has 0 aliphatic rings. The van der Waals surface area contributed by atoms with Crippen molar-refractivity contribution >= 4 is 28.8 Å². The third-order valence-corrected chi connectivity index (χ3v) is 2.72. The van der Waals surface area contributed by atoms with Crippen LogP contribution in [0.2, 0.25) is 4.47 Å². The Kier molecular flexibility index (Phi) is 3.86. The molecule has 0 amide bonds. The third kappa shape index (κ3) is 2.98. The topological polar surface area (TPSA) is 52.3 Å². The number of rotatable bonds is 2. The Bertz CT molecular complexity index is 379. The molecule has 0 atom stereocenters. The van der Waals surface area contributed by atoms with E-state index in [4.69, 9.17) is 16.9 Å². The van der Waals surface area contributed by atoms with Crippen LogP contribution in [0.15, 0.2) is 11.2 Å². The lowest BCUT2D eigenvalue weighted by Crippen LogP contribution is -2.17. The molecule has 6 heteroatoms. The standard InChI is InChI=1S/C8H9ClN4S/c1-6(13(2)5-10)11-3-7-4-12-8(9)14-7/h4H,3H2,1-2H3/b11-6+. The molecule has 0 bridgehead atoms. The molecule has 14 heavy (non-hydrogen) atoms. The van der Waals surface area contributed by atoms with Crippen molar-refractivity contribution in [3.63, 3.8) is 0 Å². The van der Waals surface area contributed by atoms with Gasteiger partial charge in [-0.2, -0.15) is 5.26 Å². The van der Waals surface area contributed by atoms with Crippen molar-refractivity contribution in [2.24, 2.45) is 4.99 Å². The van der Waals surface area contributed by atoms with Gasteiger partial charge in [-0.05, 0) is 6.92 Å². The second kappa shape index (κ2) is 4.94. The van der Waals surface area contributed by atoms with Crippen LogP contribution in [0.5, 0.6) is 0 Å². The van der Waals surface area contributed by atoms with Gasteiger partial charge in [0.2, 0.25) is 0 Å². The Labute approximate surface area is 91.5 Å². The molecule has 0 aromatic carbocycles. The molecule has 0 fully saturated rings. The molecule has 0 aliphatic heterocycles. The predicted octanol–water partition coefficient (Wildman–Crippen LogP) is 2.13. The van der Waals surface area contributed by atoms with Crippen LogP contribution in [-0.4, -0.2) is 22.8 Å². The lowest BCUT2D eigenvalue weighted by Gasteiger charge is -2.06. The molecule has 74 valence electrons. The van der Waals surface area contributed by atoms with Gasteiger partial charge in [-0.15, -0.1) is 11.3 Å². The van der Waals surface area contributed by atoms with E-state index in [2.05, 4.69) is 9.98 Å². The number of nitrogens with zero attached hydrogens (tertiary/aromatic N) is 4.